The zero-order chi connectivity index (χ0) is 13.8. The molecule has 1 aromatic heterocycles. The van der Waals surface area contributed by atoms with Crippen molar-refractivity contribution in [3.8, 4) is 0 Å². The summed E-state index contributed by atoms with van der Waals surface area (Å²) in [5.41, 5.74) is 0.587. The molecule has 0 atom stereocenters. The lowest BCUT2D eigenvalue weighted by Gasteiger charge is -2.35. The van der Waals surface area contributed by atoms with Gasteiger partial charge in [-0.15, -0.1) is 11.3 Å². The SMILES string of the molecule is CCC(CC)(CNC(C)(C)C)Cc1cc(Br)cs1. The van der Waals surface area contributed by atoms with E-state index in [9.17, 15) is 0 Å². The first-order valence-electron chi connectivity index (χ1n) is 6.78. The van der Waals surface area contributed by atoms with E-state index in [1.807, 2.05) is 11.3 Å². The lowest BCUT2D eigenvalue weighted by molar-refractivity contribution is 0.221. The monoisotopic (exact) mass is 331 g/mol. The zero-order valence-electron chi connectivity index (χ0n) is 12.3. The molecule has 104 valence electrons. The van der Waals surface area contributed by atoms with E-state index in [0.717, 1.165) is 6.54 Å². The molecule has 0 saturated heterocycles. The summed E-state index contributed by atoms with van der Waals surface area (Å²) >= 11 is 5.41. The Bertz CT molecular complexity index is 361. The van der Waals surface area contributed by atoms with Crippen molar-refractivity contribution >= 4 is 27.3 Å². The molecular weight excluding hydrogens is 306 g/mol. The number of nitrogens with one attached hydrogen (secondary N) is 1. The van der Waals surface area contributed by atoms with E-state index in [1.54, 1.807) is 0 Å². The molecule has 0 unspecified atom stereocenters. The maximum atomic E-state index is 3.68. The van der Waals surface area contributed by atoms with E-state index < -0.39 is 0 Å². The minimum atomic E-state index is 0.200. The van der Waals surface area contributed by atoms with Gasteiger partial charge in [0.05, 0.1) is 0 Å². The maximum Gasteiger partial charge on any atom is 0.0285 e. The average Bonchev–Trinajstić information content (AvgIpc) is 2.69. The van der Waals surface area contributed by atoms with Crippen LogP contribution in [-0.2, 0) is 6.42 Å². The quantitative estimate of drug-likeness (QED) is 0.750. The zero-order valence-corrected chi connectivity index (χ0v) is 14.7. The van der Waals surface area contributed by atoms with E-state index in [-0.39, 0.29) is 5.54 Å². The summed E-state index contributed by atoms with van der Waals surface area (Å²) in [6.07, 6.45) is 3.63. The molecule has 0 aromatic carbocycles. The van der Waals surface area contributed by atoms with Gasteiger partial charge < -0.3 is 5.32 Å². The molecule has 0 aliphatic heterocycles. The van der Waals surface area contributed by atoms with Crippen LogP contribution in [0.4, 0.5) is 0 Å². The van der Waals surface area contributed by atoms with Gasteiger partial charge in [0, 0.05) is 26.8 Å². The summed E-state index contributed by atoms with van der Waals surface area (Å²) in [7, 11) is 0. The van der Waals surface area contributed by atoms with Crippen LogP contribution in [0, 0.1) is 5.41 Å². The van der Waals surface area contributed by atoms with Gasteiger partial charge in [-0.25, -0.2) is 0 Å². The van der Waals surface area contributed by atoms with Crippen LogP contribution in [0.1, 0.15) is 52.3 Å². The van der Waals surface area contributed by atoms with Gasteiger partial charge >= 0.3 is 0 Å². The van der Waals surface area contributed by atoms with Crippen molar-refractivity contribution < 1.29 is 0 Å². The summed E-state index contributed by atoms with van der Waals surface area (Å²) < 4.78 is 1.22. The molecule has 18 heavy (non-hydrogen) atoms. The molecule has 0 amide bonds. The van der Waals surface area contributed by atoms with Crippen molar-refractivity contribution in [1.29, 1.82) is 0 Å². The van der Waals surface area contributed by atoms with Crippen LogP contribution < -0.4 is 5.32 Å². The van der Waals surface area contributed by atoms with Crippen LogP contribution >= 0.6 is 27.3 Å². The smallest absolute Gasteiger partial charge is 0.0285 e. The second-order valence-electron chi connectivity index (χ2n) is 6.22. The fraction of sp³-hybridized carbons (Fsp3) is 0.733. The molecule has 0 bridgehead atoms. The first-order chi connectivity index (χ1) is 8.30. The molecule has 0 spiro atoms. The average molecular weight is 332 g/mol. The van der Waals surface area contributed by atoms with Crippen molar-refractivity contribution in [3.63, 3.8) is 0 Å². The molecule has 1 nitrogen and oxygen atoms in total. The van der Waals surface area contributed by atoms with Crippen LogP contribution in [0.3, 0.4) is 0 Å². The first kappa shape index (κ1) is 16.2. The molecule has 0 aliphatic carbocycles. The fourth-order valence-corrected chi connectivity index (χ4v) is 3.71. The minimum Gasteiger partial charge on any atom is -0.312 e. The minimum absolute atomic E-state index is 0.200. The highest BCUT2D eigenvalue weighted by atomic mass is 79.9. The molecule has 1 N–H and O–H groups in total. The van der Waals surface area contributed by atoms with Crippen LogP contribution in [0.5, 0.6) is 0 Å². The lowest BCUT2D eigenvalue weighted by atomic mass is 9.78. The van der Waals surface area contributed by atoms with E-state index in [4.69, 9.17) is 0 Å². The summed E-state index contributed by atoms with van der Waals surface area (Å²) in [6.45, 7) is 12.5. The first-order valence-corrected chi connectivity index (χ1v) is 8.45. The second kappa shape index (κ2) is 6.53. The van der Waals surface area contributed by atoms with Gasteiger partial charge in [-0.3, -0.25) is 0 Å². The largest absolute Gasteiger partial charge is 0.312 e. The van der Waals surface area contributed by atoms with Gasteiger partial charge in [0.15, 0.2) is 0 Å². The summed E-state index contributed by atoms with van der Waals surface area (Å²) in [4.78, 5) is 1.49. The third kappa shape index (κ3) is 5.02. The molecule has 1 heterocycles. The molecule has 0 saturated carbocycles. The topological polar surface area (TPSA) is 12.0 Å². The standard InChI is InChI=1S/C15H26BrNS/c1-6-15(7-2,11-17-14(3,4)5)9-13-8-12(16)10-18-13/h8,10,17H,6-7,9,11H2,1-5H3. The molecule has 3 heteroatoms. The second-order valence-corrected chi connectivity index (χ2v) is 8.13. The van der Waals surface area contributed by atoms with Crippen LogP contribution in [-0.4, -0.2) is 12.1 Å². The number of thiophene rings is 1. The van der Waals surface area contributed by atoms with Crippen LogP contribution in [0.25, 0.3) is 0 Å². The van der Waals surface area contributed by atoms with Crippen molar-refractivity contribution in [2.75, 3.05) is 6.54 Å². The van der Waals surface area contributed by atoms with Gasteiger partial charge in [-0.1, -0.05) is 13.8 Å². The lowest BCUT2D eigenvalue weighted by Crippen LogP contribution is -2.44. The van der Waals surface area contributed by atoms with Gasteiger partial charge in [-0.05, 0) is 67.4 Å². The summed E-state index contributed by atoms with van der Waals surface area (Å²) in [5.74, 6) is 0. The van der Waals surface area contributed by atoms with Crippen molar-refractivity contribution in [3.05, 3.63) is 20.8 Å². The Labute approximate surface area is 125 Å². The molecule has 0 radical (unpaired) electrons. The van der Waals surface area contributed by atoms with Crippen molar-refractivity contribution in [1.82, 2.24) is 5.32 Å². The molecular formula is C15H26BrNS. The van der Waals surface area contributed by atoms with Gasteiger partial charge in [0.25, 0.3) is 0 Å². The van der Waals surface area contributed by atoms with E-state index in [0.29, 0.717) is 5.41 Å². The molecule has 0 fully saturated rings. The number of halogens is 1. The Morgan fingerprint density at radius 1 is 1.22 bits per heavy atom. The fourth-order valence-electron chi connectivity index (χ4n) is 2.08. The van der Waals surface area contributed by atoms with Gasteiger partial charge in [0.2, 0.25) is 0 Å². The molecule has 1 rings (SSSR count). The van der Waals surface area contributed by atoms with Crippen LogP contribution in [0.15, 0.2) is 15.9 Å². The number of hydrogen-bond acceptors (Lipinski definition) is 2. The Morgan fingerprint density at radius 2 is 1.83 bits per heavy atom. The third-order valence-electron chi connectivity index (χ3n) is 3.66. The Morgan fingerprint density at radius 3 is 2.22 bits per heavy atom. The maximum absolute atomic E-state index is 3.68. The van der Waals surface area contributed by atoms with Crippen LogP contribution in [0.2, 0.25) is 0 Å². The highest BCUT2D eigenvalue weighted by Crippen LogP contribution is 2.34. The van der Waals surface area contributed by atoms with Gasteiger partial charge in [0.1, 0.15) is 0 Å². The number of rotatable bonds is 6. The number of hydrogen-bond donors (Lipinski definition) is 1. The predicted octanol–water partition coefficient (Wildman–Crippen LogP) is 5.25. The molecule has 1 aromatic rings. The van der Waals surface area contributed by atoms with Crippen molar-refractivity contribution in [2.45, 2.75) is 59.4 Å². The van der Waals surface area contributed by atoms with Gasteiger partial charge in [-0.2, -0.15) is 0 Å². The van der Waals surface area contributed by atoms with E-state index in [1.165, 1.54) is 28.6 Å². The Balaban J connectivity index is 2.73. The molecule has 0 aliphatic rings. The van der Waals surface area contributed by atoms with Crippen molar-refractivity contribution in [2.24, 2.45) is 5.41 Å². The van der Waals surface area contributed by atoms with E-state index >= 15 is 0 Å². The predicted molar refractivity (Wildman–Crippen MR) is 86.5 cm³/mol. The summed E-state index contributed by atoms with van der Waals surface area (Å²) in [6, 6.07) is 2.27. The van der Waals surface area contributed by atoms with E-state index in [2.05, 4.69) is 67.3 Å². The normalized spacial score (nSPS) is 13.0. The highest BCUT2D eigenvalue weighted by Gasteiger charge is 2.28. The highest BCUT2D eigenvalue weighted by molar-refractivity contribution is 9.10. The Kier molecular flexibility index (Phi) is 5.88. The Hall–Kier alpha value is 0.140. The third-order valence-corrected chi connectivity index (χ3v) is 5.36. The summed E-state index contributed by atoms with van der Waals surface area (Å²) in [5, 5.41) is 5.87.